The third-order valence-electron chi connectivity index (χ3n) is 7.68. The average Bonchev–Trinajstić information content (AvgIpc) is 3.38. The number of fused-ring (bicyclic) bond motifs is 2. The van der Waals surface area contributed by atoms with Crippen LogP contribution in [-0.2, 0) is 30.5 Å². The Bertz CT molecular complexity index is 1300. The molecule has 0 saturated carbocycles. The second-order valence-electron chi connectivity index (χ2n) is 12.1. The molecule has 0 spiro atoms. The van der Waals surface area contributed by atoms with Crippen molar-refractivity contribution in [1.29, 1.82) is 0 Å². The molecule has 2 amide bonds. The predicted octanol–water partition coefficient (Wildman–Crippen LogP) is 4.28. The monoisotopic (exact) mass is 598 g/mol. The molecule has 2 heterocycles. The second kappa shape index (κ2) is 13.5. The smallest absolute Gasteiger partial charge is 0.329 e. The summed E-state index contributed by atoms with van der Waals surface area (Å²) in [6.07, 6.45) is 0.270. The molecule has 42 heavy (non-hydrogen) atoms. The number of amides is 2. The van der Waals surface area contributed by atoms with Gasteiger partial charge in [0, 0.05) is 28.1 Å². The number of hydrogen-bond donors (Lipinski definition) is 0. The van der Waals surface area contributed by atoms with E-state index in [-0.39, 0.29) is 55.8 Å². The van der Waals surface area contributed by atoms with Crippen LogP contribution in [0, 0.1) is 11.7 Å². The van der Waals surface area contributed by atoms with Crippen molar-refractivity contribution < 1.29 is 37.8 Å². The number of nitrogens with zero attached hydrogens (tertiary/aromatic N) is 2. The first-order valence-electron chi connectivity index (χ1n) is 14.3. The van der Waals surface area contributed by atoms with Crippen LogP contribution in [0.3, 0.4) is 0 Å². The van der Waals surface area contributed by atoms with Crippen LogP contribution < -0.4 is 4.74 Å². The molecule has 226 valence electrons. The number of rotatable bonds is 7. The van der Waals surface area contributed by atoms with Crippen molar-refractivity contribution in [1.82, 2.24) is 9.80 Å². The molecule has 2 aliphatic heterocycles. The van der Waals surface area contributed by atoms with Gasteiger partial charge >= 0.3 is 11.9 Å². The van der Waals surface area contributed by atoms with Crippen LogP contribution in [0.1, 0.15) is 35.2 Å². The first kappa shape index (κ1) is 31.2. The summed E-state index contributed by atoms with van der Waals surface area (Å²) >= 11 is 0. The first-order valence-corrected chi connectivity index (χ1v) is 18.0. The fourth-order valence-corrected chi connectivity index (χ4v) is 5.85. The van der Waals surface area contributed by atoms with Gasteiger partial charge in [0.25, 0.3) is 5.91 Å². The zero-order chi connectivity index (χ0) is 30.4. The molecule has 1 fully saturated rings. The number of hydrogen-bond acceptors (Lipinski definition) is 7. The van der Waals surface area contributed by atoms with Crippen LogP contribution in [0.4, 0.5) is 4.39 Å². The maximum absolute atomic E-state index is 14.3. The lowest BCUT2D eigenvalue weighted by molar-refractivity contribution is -0.150. The number of esters is 2. The Morgan fingerprint density at radius 1 is 1.05 bits per heavy atom. The fraction of sp³-hybridized carbons (Fsp3) is 0.484. The minimum atomic E-state index is -1.39. The molecule has 0 unspecified atom stereocenters. The van der Waals surface area contributed by atoms with E-state index in [0.717, 1.165) is 17.7 Å². The molecule has 0 bridgehead atoms. The molecule has 2 aliphatic rings. The Hall–Kier alpha value is -3.73. The fourth-order valence-electron chi connectivity index (χ4n) is 5.14. The van der Waals surface area contributed by atoms with Crippen molar-refractivity contribution >= 4 is 31.8 Å². The van der Waals surface area contributed by atoms with Crippen molar-refractivity contribution in [2.24, 2.45) is 5.92 Å². The predicted molar refractivity (Wildman–Crippen MR) is 156 cm³/mol. The third-order valence-corrected chi connectivity index (χ3v) is 9.39. The summed E-state index contributed by atoms with van der Waals surface area (Å²) in [7, 11) is 0.0359. The van der Waals surface area contributed by atoms with Crippen molar-refractivity contribution in [2.45, 2.75) is 63.6 Å². The molecule has 0 N–H and O–H groups in total. The van der Waals surface area contributed by atoms with Crippen molar-refractivity contribution in [2.75, 3.05) is 26.8 Å². The summed E-state index contributed by atoms with van der Waals surface area (Å²) in [5, 5.41) is 0. The van der Waals surface area contributed by atoms with Gasteiger partial charge in [-0.2, -0.15) is 0 Å². The number of benzene rings is 2. The van der Waals surface area contributed by atoms with Gasteiger partial charge in [0.2, 0.25) is 5.91 Å². The van der Waals surface area contributed by atoms with E-state index in [1.165, 1.54) is 24.1 Å². The molecule has 0 aromatic heterocycles. The number of halogens is 1. The molecule has 0 aliphatic carbocycles. The van der Waals surface area contributed by atoms with Gasteiger partial charge in [0.15, 0.2) is 0 Å². The molecule has 0 radical (unpaired) electrons. The third kappa shape index (κ3) is 7.96. The summed E-state index contributed by atoms with van der Waals surface area (Å²) in [6.45, 7) is 7.14. The summed E-state index contributed by atoms with van der Waals surface area (Å²) in [5.41, 5.74) is 0.727. The lowest BCUT2D eigenvalue weighted by Crippen LogP contribution is -2.46. The minimum Gasteiger partial charge on any atom is -0.491 e. The van der Waals surface area contributed by atoms with Gasteiger partial charge in [-0.15, -0.1) is 0 Å². The topological polar surface area (TPSA) is 102 Å². The standard InChI is InChI=1S/C31H39FN2O7Si/c1-33-26(31(38)41-19-21-8-6-5-7-9-21)11-13-28(35)34-18-22(30(37)39-14-15-42(2,3)4)16-24(34)20-40-27-12-10-23(32)17-25(27)29(33)36/h5-10,12,17,22,24,26H,11,13-16,18-20H2,1-4H3/t22-,24-,26-/m0/s1. The number of carbonyl (C=O) groups is 4. The molecule has 4 rings (SSSR count). The quantitative estimate of drug-likeness (QED) is 0.346. The van der Waals surface area contributed by atoms with Crippen LogP contribution in [0.2, 0.25) is 25.7 Å². The van der Waals surface area contributed by atoms with E-state index in [2.05, 4.69) is 19.6 Å². The van der Waals surface area contributed by atoms with Gasteiger partial charge in [-0.1, -0.05) is 50.0 Å². The average molecular weight is 599 g/mol. The van der Waals surface area contributed by atoms with E-state index in [4.69, 9.17) is 14.2 Å². The summed E-state index contributed by atoms with van der Waals surface area (Å²) < 4.78 is 31.4. The Morgan fingerprint density at radius 2 is 1.79 bits per heavy atom. The highest BCUT2D eigenvalue weighted by atomic mass is 28.3. The van der Waals surface area contributed by atoms with E-state index in [1.807, 2.05) is 30.3 Å². The van der Waals surface area contributed by atoms with Crippen molar-refractivity contribution in [3.63, 3.8) is 0 Å². The van der Waals surface area contributed by atoms with E-state index in [0.29, 0.717) is 13.0 Å². The molecule has 2 aromatic rings. The Labute approximate surface area is 246 Å². The number of likely N-dealkylation sites (N-methyl/N-ethyl adjacent to an activating group) is 1. The van der Waals surface area contributed by atoms with Gasteiger partial charge < -0.3 is 24.0 Å². The minimum absolute atomic E-state index is 0.00380. The highest BCUT2D eigenvalue weighted by Gasteiger charge is 2.41. The highest BCUT2D eigenvalue weighted by Crippen LogP contribution is 2.30. The maximum Gasteiger partial charge on any atom is 0.329 e. The van der Waals surface area contributed by atoms with Crippen molar-refractivity contribution in [3.8, 4) is 5.75 Å². The lowest BCUT2D eigenvalue weighted by atomic mass is 10.1. The van der Waals surface area contributed by atoms with E-state index in [1.54, 1.807) is 4.90 Å². The van der Waals surface area contributed by atoms with Gasteiger partial charge in [-0.3, -0.25) is 14.4 Å². The summed E-state index contributed by atoms with van der Waals surface area (Å²) in [6, 6.07) is 12.0. The SMILES string of the molecule is CN1C(=O)c2cc(F)ccc2OC[C@@H]2C[C@H](C(=O)OCC[Si](C)(C)C)CN2C(=O)CC[C@H]1C(=O)OCc1ccccc1. The van der Waals surface area contributed by atoms with Gasteiger partial charge in [-0.25, -0.2) is 9.18 Å². The Kier molecular flexibility index (Phi) is 10.0. The van der Waals surface area contributed by atoms with Crippen LogP contribution in [0.15, 0.2) is 48.5 Å². The molecule has 2 aromatic carbocycles. The van der Waals surface area contributed by atoms with E-state index >= 15 is 0 Å². The Balaban J connectivity index is 1.56. The normalized spacial score (nSPS) is 21.4. The van der Waals surface area contributed by atoms with Gasteiger partial charge in [0.05, 0.1) is 24.1 Å². The maximum atomic E-state index is 14.3. The zero-order valence-electron chi connectivity index (χ0n) is 24.6. The van der Waals surface area contributed by atoms with Crippen LogP contribution in [0.5, 0.6) is 5.75 Å². The second-order valence-corrected chi connectivity index (χ2v) is 17.7. The molecule has 11 heteroatoms. The van der Waals surface area contributed by atoms with Crippen molar-refractivity contribution in [3.05, 3.63) is 65.5 Å². The molecule has 3 atom stereocenters. The molecule has 9 nitrogen and oxygen atoms in total. The number of carbonyl (C=O) groups excluding carboxylic acids is 4. The van der Waals surface area contributed by atoms with Gasteiger partial charge in [-0.05, 0) is 42.6 Å². The molecular weight excluding hydrogens is 559 g/mol. The van der Waals surface area contributed by atoms with Crippen LogP contribution in [0.25, 0.3) is 0 Å². The lowest BCUT2D eigenvalue weighted by Gasteiger charge is -2.30. The molecular formula is C31H39FN2O7Si. The first-order chi connectivity index (χ1) is 19.9. The zero-order valence-corrected chi connectivity index (χ0v) is 25.6. The van der Waals surface area contributed by atoms with Crippen LogP contribution >= 0.6 is 0 Å². The molecule has 1 saturated heterocycles. The number of ether oxygens (including phenoxy) is 3. The van der Waals surface area contributed by atoms with E-state index in [9.17, 15) is 23.6 Å². The summed E-state index contributed by atoms with van der Waals surface area (Å²) in [4.78, 5) is 56.0. The van der Waals surface area contributed by atoms with Gasteiger partial charge in [0.1, 0.15) is 30.8 Å². The highest BCUT2D eigenvalue weighted by molar-refractivity contribution is 6.76. The summed E-state index contributed by atoms with van der Waals surface area (Å²) in [5.74, 6) is -2.95. The Morgan fingerprint density at radius 3 is 2.50 bits per heavy atom. The largest absolute Gasteiger partial charge is 0.491 e. The van der Waals surface area contributed by atoms with Crippen LogP contribution in [-0.4, -0.2) is 80.5 Å². The van der Waals surface area contributed by atoms with E-state index < -0.39 is 43.8 Å².